The van der Waals surface area contributed by atoms with Crippen molar-refractivity contribution >= 4 is 11.6 Å². The van der Waals surface area contributed by atoms with Gasteiger partial charge in [-0.2, -0.15) is 0 Å². The first-order chi connectivity index (χ1) is 7.63. The number of pyridine rings is 1. The number of carbonyl (C=O) groups excluding carboxylic acids is 1. The fraction of sp³-hybridized carbons (Fsp3) is 0.500. The van der Waals surface area contributed by atoms with Gasteiger partial charge in [-0.1, -0.05) is 0 Å². The van der Waals surface area contributed by atoms with Crippen molar-refractivity contribution < 1.29 is 9.90 Å². The highest BCUT2D eigenvalue weighted by Crippen LogP contribution is 2.28. The molecule has 1 aliphatic rings. The van der Waals surface area contributed by atoms with Gasteiger partial charge in [0.05, 0.1) is 0 Å². The summed E-state index contributed by atoms with van der Waals surface area (Å²) in [6.45, 7) is 4.59. The second-order valence-electron chi connectivity index (χ2n) is 4.30. The van der Waals surface area contributed by atoms with E-state index in [4.69, 9.17) is 5.11 Å². The van der Waals surface area contributed by atoms with Gasteiger partial charge in [-0.25, -0.2) is 0 Å². The molecule has 0 spiro atoms. The molecule has 1 aromatic rings. The molecule has 2 heterocycles. The maximum Gasteiger partial charge on any atom is 0.227 e. The third kappa shape index (κ3) is 1.80. The zero-order valence-electron chi connectivity index (χ0n) is 9.60. The van der Waals surface area contributed by atoms with Crippen LogP contribution in [-0.4, -0.2) is 29.1 Å². The third-order valence-electron chi connectivity index (χ3n) is 3.18. The summed E-state index contributed by atoms with van der Waals surface area (Å²) >= 11 is 0. The maximum atomic E-state index is 11.8. The Hall–Kier alpha value is -1.42. The van der Waals surface area contributed by atoms with E-state index in [1.807, 2.05) is 19.9 Å². The van der Waals surface area contributed by atoms with Gasteiger partial charge in [0.1, 0.15) is 0 Å². The topological polar surface area (TPSA) is 53.4 Å². The molecule has 4 heteroatoms. The predicted octanol–water partition coefficient (Wildman–Crippen LogP) is 1.04. The molecule has 16 heavy (non-hydrogen) atoms. The lowest BCUT2D eigenvalue weighted by Gasteiger charge is -2.19. The lowest BCUT2D eigenvalue weighted by Crippen LogP contribution is -2.26. The van der Waals surface area contributed by atoms with Crippen LogP contribution in [0.4, 0.5) is 5.69 Å². The lowest BCUT2D eigenvalue weighted by molar-refractivity contribution is -0.117. The average Bonchev–Trinajstić information content (AvgIpc) is 2.64. The first-order valence-corrected chi connectivity index (χ1v) is 5.47. The quantitative estimate of drug-likeness (QED) is 0.810. The normalized spacial score (nSPS) is 20.6. The van der Waals surface area contributed by atoms with E-state index in [1.54, 1.807) is 11.1 Å². The molecule has 1 fully saturated rings. The van der Waals surface area contributed by atoms with Crippen LogP contribution in [0.15, 0.2) is 12.3 Å². The number of amides is 1. The zero-order chi connectivity index (χ0) is 11.7. The molecular weight excluding hydrogens is 204 g/mol. The standard InChI is InChI=1S/C12H16N2O2/c1-8-9(2)13-4-3-11(8)14-6-10(7-15)5-12(14)16/h3-4,10,15H,5-7H2,1-2H3. The largest absolute Gasteiger partial charge is 0.396 e. The summed E-state index contributed by atoms with van der Waals surface area (Å²) in [7, 11) is 0. The summed E-state index contributed by atoms with van der Waals surface area (Å²) in [6, 6.07) is 1.86. The molecule has 0 aliphatic carbocycles. The molecule has 2 rings (SSSR count). The van der Waals surface area contributed by atoms with Crippen molar-refractivity contribution in [3.05, 3.63) is 23.5 Å². The number of rotatable bonds is 2. The van der Waals surface area contributed by atoms with E-state index in [0.29, 0.717) is 13.0 Å². The SMILES string of the molecule is Cc1nccc(N2CC(CO)CC2=O)c1C. The first kappa shape index (κ1) is 11.1. The molecule has 0 bridgehead atoms. The van der Waals surface area contributed by atoms with E-state index >= 15 is 0 Å². The van der Waals surface area contributed by atoms with Gasteiger partial charge in [0.25, 0.3) is 0 Å². The molecule has 1 saturated heterocycles. The molecule has 1 aliphatic heterocycles. The van der Waals surface area contributed by atoms with Crippen LogP contribution in [0.1, 0.15) is 17.7 Å². The number of hydrogen-bond acceptors (Lipinski definition) is 3. The van der Waals surface area contributed by atoms with E-state index in [9.17, 15) is 4.79 Å². The summed E-state index contributed by atoms with van der Waals surface area (Å²) in [5.74, 6) is 0.160. The summed E-state index contributed by atoms with van der Waals surface area (Å²) in [5, 5.41) is 9.08. The number of aliphatic hydroxyl groups excluding tert-OH is 1. The number of aryl methyl sites for hydroxylation is 1. The summed E-state index contributed by atoms with van der Waals surface area (Å²) < 4.78 is 0. The van der Waals surface area contributed by atoms with Gasteiger partial charge in [-0.05, 0) is 25.5 Å². The van der Waals surface area contributed by atoms with Crippen molar-refractivity contribution in [1.82, 2.24) is 4.98 Å². The number of aromatic nitrogens is 1. The minimum atomic E-state index is 0.0698. The molecular formula is C12H16N2O2. The molecule has 0 saturated carbocycles. The molecule has 1 aromatic heterocycles. The van der Waals surface area contributed by atoms with Crippen molar-refractivity contribution in [2.24, 2.45) is 5.92 Å². The van der Waals surface area contributed by atoms with E-state index in [-0.39, 0.29) is 18.4 Å². The van der Waals surface area contributed by atoms with Crippen LogP contribution in [0.3, 0.4) is 0 Å². The molecule has 1 unspecified atom stereocenters. The lowest BCUT2D eigenvalue weighted by atomic mass is 10.1. The smallest absolute Gasteiger partial charge is 0.227 e. The van der Waals surface area contributed by atoms with E-state index in [2.05, 4.69) is 4.98 Å². The predicted molar refractivity (Wildman–Crippen MR) is 61.3 cm³/mol. The molecule has 1 N–H and O–H groups in total. The Morgan fingerprint density at radius 3 is 2.94 bits per heavy atom. The Labute approximate surface area is 94.9 Å². The second-order valence-corrected chi connectivity index (χ2v) is 4.30. The highest BCUT2D eigenvalue weighted by Gasteiger charge is 2.30. The van der Waals surface area contributed by atoms with Crippen LogP contribution in [-0.2, 0) is 4.79 Å². The summed E-state index contributed by atoms with van der Waals surface area (Å²) in [5.41, 5.74) is 2.90. The van der Waals surface area contributed by atoms with Crippen molar-refractivity contribution in [2.45, 2.75) is 20.3 Å². The number of hydrogen-bond donors (Lipinski definition) is 1. The first-order valence-electron chi connectivity index (χ1n) is 5.47. The van der Waals surface area contributed by atoms with Crippen molar-refractivity contribution in [2.75, 3.05) is 18.1 Å². The molecule has 86 valence electrons. The minimum absolute atomic E-state index is 0.0698. The van der Waals surface area contributed by atoms with Crippen LogP contribution in [0, 0.1) is 19.8 Å². The minimum Gasteiger partial charge on any atom is -0.396 e. The number of nitrogens with zero attached hydrogens (tertiary/aromatic N) is 2. The molecule has 4 nitrogen and oxygen atoms in total. The van der Waals surface area contributed by atoms with Gasteiger partial charge in [-0.15, -0.1) is 0 Å². The fourth-order valence-electron chi connectivity index (χ4n) is 2.06. The van der Waals surface area contributed by atoms with Crippen LogP contribution in [0.25, 0.3) is 0 Å². The van der Waals surface area contributed by atoms with Crippen LogP contribution in [0.2, 0.25) is 0 Å². The Balaban J connectivity index is 2.31. The van der Waals surface area contributed by atoms with Crippen LogP contribution in [0.5, 0.6) is 0 Å². The van der Waals surface area contributed by atoms with Gasteiger partial charge in [0.15, 0.2) is 0 Å². The highest BCUT2D eigenvalue weighted by atomic mass is 16.3. The maximum absolute atomic E-state index is 11.8. The van der Waals surface area contributed by atoms with Gasteiger partial charge >= 0.3 is 0 Å². The number of aliphatic hydroxyl groups is 1. The van der Waals surface area contributed by atoms with Gasteiger partial charge in [-0.3, -0.25) is 9.78 Å². The Kier molecular flexibility index (Phi) is 2.92. The Bertz CT molecular complexity index is 417. The second kappa shape index (κ2) is 4.22. The molecule has 1 amide bonds. The van der Waals surface area contributed by atoms with Gasteiger partial charge in [0, 0.05) is 43.1 Å². The van der Waals surface area contributed by atoms with Crippen LogP contribution >= 0.6 is 0 Å². The molecule has 0 aromatic carbocycles. The van der Waals surface area contributed by atoms with E-state index in [1.165, 1.54) is 0 Å². The third-order valence-corrected chi connectivity index (χ3v) is 3.18. The fourth-order valence-corrected chi connectivity index (χ4v) is 2.06. The molecule has 0 radical (unpaired) electrons. The average molecular weight is 220 g/mol. The summed E-state index contributed by atoms with van der Waals surface area (Å²) in [6.07, 6.45) is 2.16. The van der Waals surface area contributed by atoms with Crippen LogP contribution < -0.4 is 4.90 Å². The highest BCUT2D eigenvalue weighted by molar-refractivity contribution is 5.96. The van der Waals surface area contributed by atoms with Crippen molar-refractivity contribution in [3.8, 4) is 0 Å². The van der Waals surface area contributed by atoms with Gasteiger partial charge in [0.2, 0.25) is 5.91 Å². The van der Waals surface area contributed by atoms with E-state index < -0.39 is 0 Å². The molecule has 1 atom stereocenters. The van der Waals surface area contributed by atoms with Crippen molar-refractivity contribution in [1.29, 1.82) is 0 Å². The van der Waals surface area contributed by atoms with E-state index in [0.717, 1.165) is 16.9 Å². The zero-order valence-corrected chi connectivity index (χ0v) is 9.60. The van der Waals surface area contributed by atoms with Gasteiger partial charge < -0.3 is 10.0 Å². The Morgan fingerprint density at radius 1 is 1.56 bits per heavy atom. The number of carbonyl (C=O) groups is 1. The monoisotopic (exact) mass is 220 g/mol. The summed E-state index contributed by atoms with van der Waals surface area (Å²) in [4.78, 5) is 17.7. The van der Waals surface area contributed by atoms with Crippen molar-refractivity contribution in [3.63, 3.8) is 0 Å². The Morgan fingerprint density at radius 2 is 2.31 bits per heavy atom. The number of anilines is 1.